The maximum Gasteiger partial charge on any atom is 0.228 e. The van der Waals surface area contributed by atoms with Crippen LogP contribution in [0.25, 0.3) is 0 Å². The van der Waals surface area contributed by atoms with Gasteiger partial charge in [-0.25, -0.2) is 27.1 Å². The number of anilines is 1. The third kappa shape index (κ3) is 4.48. The third-order valence-electron chi connectivity index (χ3n) is 6.12. The van der Waals surface area contributed by atoms with E-state index in [4.69, 9.17) is 9.97 Å². The molecule has 0 spiro atoms. The van der Waals surface area contributed by atoms with Crippen LogP contribution < -0.4 is 4.90 Å². The van der Waals surface area contributed by atoms with Crippen LogP contribution in [0.2, 0.25) is 0 Å². The highest BCUT2D eigenvalue weighted by molar-refractivity contribution is 7.89. The molecule has 1 atom stereocenters. The monoisotopic (exact) mass is 446 g/mol. The number of carbonyl (C=O) groups is 1. The third-order valence-corrected chi connectivity index (χ3v) is 7.96. The van der Waals surface area contributed by atoms with E-state index in [0.29, 0.717) is 44.1 Å². The van der Waals surface area contributed by atoms with Gasteiger partial charge in [0.05, 0.1) is 12.3 Å². The lowest BCUT2D eigenvalue weighted by Gasteiger charge is -2.33. The summed E-state index contributed by atoms with van der Waals surface area (Å²) in [4.78, 5) is 23.9. The number of fused-ring (bicyclic) bond motifs is 1. The zero-order valence-corrected chi connectivity index (χ0v) is 18.7. The Bertz CT molecular complexity index is 1090. The van der Waals surface area contributed by atoms with Crippen LogP contribution >= 0.6 is 0 Å². The van der Waals surface area contributed by atoms with Gasteiger partial charge in [0.15, 0.2) is 0 Å². The summed E-state index contributed by atoms with van der Waals surface area (Å²) in [6.07, 6.45) is 2.52. The highest BCUT2D eigenvalue weighted by Gasteiger charge is 2.33. The lowest BCUT2D eigenvalue weighted by atomic mass is 9.97. The van der Waals surface area contributed by atoms with Gasteiger partial charge in [-0.2, -0.15) is 0 Å². The first-order chi connectivity index (χ1) is 14.8. The minimum absolute atomic E-state index is 0.0280. The predicted molar refractivity (Wildman–Crippen MR) is 116 cm³/mol. The van der Waals surface area contributed by atoms with E-state index in [1.54, 1.807) is 24.0 Å². The number of piperidine rings is 1. The Labute approximate surface area is 182 Å². The molecule has 0 bridgehead atoms. The number of nitrogens with zero attached hydrogens (tertiary/aromatic N) is 4. The molecular weight excluding hydrogens is 419 g/mol. The summed E-state index contributed by atoms with van der Waals surface area (Å²) in [5.74, 6) is 0.801. The molecule has 0 N–H and O–H groups in total. The number of hydrogen-bond acceptors (Lipinski definition) is 5. The zero-order chi connectivity index (χ0) is 22.2. The van der Waals surface area contributed by atoms with Gasteiger partial charge >= 0.3 is 0 Å². The Morgan fingerprint density at radius 1 is 1.16 bits per heavy atom. The molecule has 7 nitrogen and oxygen atoms in total. The second kappa shape index (κ2) is 8.63. The van der Waals surface area contributed by atoms with Gasteiger partial charge in [-0.3, -0.25) is 9.69 Å². The number of benzene rings is 1. The number of carbonyl (C=O) groups excluding carboxylic acids is 1. The lowest BCUT2D eigenvalue weighted by molar-refractivity contribution is -0.119. The minimum Gasteiger partial charge on any atom is -0.292 e. The van der Waals surface area contributed by atoms with Crippen LogP contribution in [0, 0.1) is 12.7 Å². The molecule has 2 aliphatic rings. The topological polar surface area (TPSA) is 83.5 Å². The second-order valence-corrected chi connectivity index (χ2v) is 10.4. The average molecular weight is 447 g/mol. The molecule has 9 heteroatoms. The van der Waals surface area contributed by atoms with Crippen LogP contribution in [0.3, 0.4) is 0 Å². The molecule has 0 saturated carbocycles. The Kier molecular flexibility index (Phi) is 6.07. The van der Waals surface area contributed by atoms with Crippen LogP contribution in [0.1, 0.15) is 54.7 Å². The smallest absolute Gasteiger partial charge is 0.228 e. The molecule has 0 unspecified atom stereocenters. The summed E-state index contributed by atoms with van der Waals surface area (Å²) in [5.41, 5.74) is 2.59. The first-order valence-corrected chi connectivity index (χ1v) is 12.3. The summed E-state index contributed by atoms with van der Waals surface area (Å²) in [6, 6.07) is 6.10. The summed E-state index contributed by atoms with van der Waals surface area (Å²) in [6.45, 7) is 4.76. The van der Waals surface area contributed by atoms with Crippen molar-refractivity contribution < 1.29 is 17.6 Å². The van der Waals surface area contributed by atoms with Gasteiger partial charge in [0.1, 0.15) is 17.5 Å². The van der Waals surface area contributed by atoms with Gasteiger partial charge in [-0.05, 0) is 50.8 Å². The van der Waals surface area contributed by atoms with Crippen molar-refractivity contribution in [2.45, 2.75) is 52.0 Å². The van der Waals surface area contributed by atoms with Crippen molar-refractivity contribution in [2.24, 2.45) is 0 Å². The molecule has 1 aromatic heterocycles. The molecule has 0 aliphatic carbocycles. The Hall–Kier alpha value is -2.39. The molecule has 1 aromatic carbocycles. The zero-order valence-electron chi connectivity index (χ0n) is 17.8. The van der Waals surface area contributed by atoms with Crippen LogP contribution in [0.4, 0.5) is 10.2 Å². The quantitative estimate of drug-likeness (QED) is 0.705. The van der Waals surface area contributed by atoms with E-state index in [1.165, 1.54) is 16.4 Å². The number of halogens is 1. The molecule has 2 aliphatic heterocycles. The second-order valence-electron chi connectivity index (χ2n) is 8.17. The fourth-order valence-electron chi connectivity index (χ4n) is 4.31. The van der Waals surface area contributed by atoms with E-state index in [-0.39, 0.29) is 23.4 Å². The number of aryl methyl sites for hydroxylation is 1. The maximum atomic E-state index is 13.3. The van der Waals surface area contributed by atoms with E-state index < -0.39 is 10.0 Å². The van der Waals surface area contributed by atoms with Crippen molar-refractivity contribution in [2.75, 3.05) is 23.7 Å². The number of amides is 1. The molecule has 4 rings (SSSR count). The molecule has 2 aromatic rings. The summed E-state index contributed by atoms with van der Waals surface area (Å²) < 4.78 is 39.5. The van der Waals surface area contributed by atoms with Crippen LogP contribution in [0.15, 0.2) is 24.3 Å². The molecular formula is C22H27FN4O3S. The highest BCUT2D eigenvalue weighted by Crippen LogP contribution is 2.33. The first kappa shape index (κ1) is 21.8. The van der Waals surface area contributed by atoms with Crippen molar-refractivity contribution in [3.63, 3.8) is 0 Å². The highest BCUT2D eigenvalue weighted by atomic mass is 32.2. The molecule has 166 valence electrons. The summed E-state index contributed by atoms with van der Waals surface area (Å²) in [7, 11) is -3.27. The van der Waals surface area contributed by atoms with E-state index >= 15 is 0 Å². The Morgan fingerprint density at radius 2 is 1.90 bits per heavy atom. The van der Waals surface area contributed by atoms with Crippen LogP contribution in [-0.4, -0.2) is 47.4 Å². The van der Waals surface area contributed by atoms with E-state index in [9.17, 15) is 17.6 Å². The maximum absolute atomic E-state index is 13.3. The van der Waals surface area contributed by atoms with Crippen LogP contribution in [-0.2, 0) is 27.8 Å². The number of aromatic nitrogens is 2. The molecule has 1 saturated heterocycles. The summed E-state index contributed by atoms with van der Waals surface area (Å²) >= 11 is 0. The van der Waals surface area contributed by atoms with Gasteiger partial charge in [0, 0.05) is 36.7 Å². The Balaban J connectivity index is 1.67. The SMILES string of the molecule is CCS(=O)(=O)N1CCC[C@H](c2nc(C)c3c(n2)N(Cc2ccc(F)cc2)C(=O)CC3)C1. The molecule has 0 radical (unpaired) electrons. The van der Waals surface area contributed by atoms with E-state index in [1.807, 2.05) is 6.92 Å². The average Bonchev–Trinajstić information content (AvgIpc) is 2.77. The standard InChI is InChI=1S/C22H27FN4O3S/c1-3-31(29,30)26-12-4-5-17(14-26)21-24-15(2)19-10-11-20(28)27(22(19)25-21)13-16-6-8-18(23)9-7-16/h6-9,17H,3-5,10-14H2,1-2H3/t17-/m0/s1. The largest absolute Gasteiger partial charge is 0.292 e. The fraction of sp³-hybridized carbons (Fsp3) is 0.500. The molecule has 1 amide bonds. The van der Waals surface area contributed by atoms with Crippen molar-refractivity contribution in [3.8, 4) is 0 Å². The predicted octanol–water partition coefficient (Wildman–Crippen LogP) is 2.93. The van der Waals surface area contributed by atoms with Crippen molar-refractivity contribution in [3.05, 3.63) is 52.7 Å². The summed E-state index contributed by atoms with van der Waals surface area (Å²) in [5, 5.41) is 0. The van der Waals surface area contributed by atoms with E-state index in [2.05, 4.69) is 0 Å². The van der Waals surface area contributed by atoms with Gasteiger partial charge in [0.2, 0.25) is 15.9 Å². The van der Waals surface area contributed by atoms with Crippen molar-refractivity contribution in [1.82, 2.24) is 14.3 Å². The van der Waals surface area contributed by atoms with Crippen LogP contribution in [0.5, 0.6) is 0 Å². The number of sulfonamides is 1. The van der Waals surface area contributed by atoms with E-state index in [0.717, 1.165) is 29.7 Å². The first-order valence-electron chi connectivity index (χ1n) is 10.7. The number of hydrogen-bond donors (Lipinski definition) is 0. The molecule has 31 heavy (non-hydrogen) atoms. The minimum atomic E-state index is -3.27. The normalized spacial score (nSPS) is 20.0. The number of rotatable bonds is 5. The lowest BCUT2D eigenvalue weighted by Crippen LogP contribution is -2.41. The van der Waals surface area contributed by atoms with Crippen molar-refractivity contribution in [1.29, 1.82) is 0 Å². The molecule has 1 fully saturated rings. The van der Waals surface area contributed by atoms with Gasteiger partial charge in [-0.15, -0.1) is 0 Å². The fourth-order valence-corrected chi connectivity index (χ4v) is 5.49. The van der Waals surface area contributed by atoms with Gasteiger partial charge in [-0.1, -0.05) is 12.1 Å². The Morgan fingerprint density at radius 3 is 2.61 bits per heavy atom. The van der Waals surface area contributed by atoms with Gasteiger partial charge in [0.25, 0.3) is 0 Å². The molecule has 3 heterocycles. The van der Waals surface area contributed by atoms with Crippen molar-refractivity contribution >= 4 is 21.7 Å². The van der Waals surface area contributed by atoms with Gasteiger partial charge < -0.3 is 0 Å².